The van der Waals surface area contributed by atoms with E-state index in [1.165, 1.54) is 37.4 Å². The zero-order valence-corrected chi connectivity index (χ0v) is 11.7. The van der Waals surface area contributed by atoms with Gasteiger partial charge in [-0.2, -0.15) is 0 Å². The predicted octanol–water partition coefficient (Wildman–Crippen LogP) is 3.04. The summed E-state index contributed by atoms with van der Waals surface area (Å²) >= 11 is 0. The topological polar surface area (TPSA) is 81.5 Å². The van der Waals surface area contributed by atoms with Crippen LogP contribution in [-0.2, 0) is 0 Å². The number of hydrogen-bond donors (Lipinski definition) is 1. The molecule has 114 valence electrons. The van der Waals surface area contributed by atoms with Gasteiger partial charge in [0.05, 0.1) is 18.6 Å². The monoisotopic (exact) mass is 304 g/mol. The number of nitrogens with zero attached hydrogens (tertiary/aromatic N) is 1. The molecule has 0 saturated carbocycles. The molecule has 2 aromatic carbocycles. The highest BCUT2D eigenvalue weighted by Gasteiger charge is 2.11. The average Bonchev–Trinajstić information content (AvgIpc) is 2.52. The number of ketones is 1. The van der Waals surface area contributed by atoms with Gasteiger partial charge in [0.25, 0.3) is 5.69 Å². The molecule has 2 aromatic rings. The van der Waals surface area contributed by atoms with Gasteiger partial charge in [0.15, 0.2) is 17.3 Å². The second-order valence-electron chi connectivity index (χ2n) is 4.43. The van der Waals surface area contributed by atoms with Crippen molar-refractivity contribution in [3.05, 3.63) is 64.0 Å². The molecule has 0 atom stereocenters. The fourth-order valence-corrected chi connectivity index (χ4v) is 1.85. The first-order valence-corrected chi connectivity index (χ1v) is 6.36. The van der Waals surface area contributed by atoms with Crippen LogP contribution < -0.4 is 10.1 Å². The number of hydrogen-bond acceptors (Lipinski definition) is 5. The SMILES string of the molecule is COc1ccc(C(=O)CNc2cccc([N+](=O)[O-])c2)cc1F. The van der Waals surface area contributed by atoms with Gasteiger partial charge in [0.2, 0.25) is 0 Å². The second-order valence-corrected chi connectivity index (χ2v) is 4.43. The van der Waals surface area contributed by atoms with Crippen molar-refractivity contribution in [2.75, 3.05) is 19.0 Å². The zero-order valence-electron chi connectivity index (χ0n) is 11.7. The van der Waals surface area contributed by atoms with Gasteiger partial charge in [-0.15, -0.1) is 0 Å². The number of carbonyl (C=O) groups is 1. The lowest BCUT2D eigenvalue weighted by Crippen LogP contribution is -2.14. The summed E-state index contributed by atoms with van der Waals surface area (Å²) in [5.41, 5.74) is 0.556. The van der Waals surface area contributed by atoms with E-state index in [1.807, 2.05) is 0 Å². The fraction of sp³-hybridized carbons (Fsp3) is 0.133. The minimum Gasteiger partial charge on any atom is -0.494 e. The summed E-state index contributed by atoms with van der Waals surface area (Å²) in [7, 11) is 1.34. The molecule has 6 nitrogen and oxygen atoms in total. The van der Waals surface area contributed by atoms with Crippen molar-refractivity contribution in [2.24, 2.45) is 0 Å². The van der Waals surface area contributed by atoms with Crippen LogP contribution in [0.2, 0.25) is 0 Å². The molecule has 0 saturated heterocycles. The van der Waals surface area contributed by atoms with Crippen molar-refractivity contribution in [1.29, 1.82) is 0 Å². The predicted molar refractivity (Wildman–Crippen MR) is 78.9 cm³/mol. The summed E-state index contributed by atoms with van der Waals surface area (Å²) in [6.07, 6.45) is 0. The first-order chi connectivity index (χ1) is 10.5. The summed E-state index contributed by atoms with van der Waals surface area (Å²) in [6.45, 7) is -0.104. The molecule has 0 spiro atoms. The highest BCUT2D eigenvalue weighted by molar-refractivity contribution is 5.99. The van der Waals surface area contributed by atoms with Gasteiger partial charge in [-0.25, -0.2) is 4.39 Å². The van der Waals surface area contributed by atoms with E-state index in [0.717, 1.165) is 6.07 Å². The minimum absolute atomic E-state index is 0.0585. The molecule has 22 heavy (non-hydrogen) atoms. The molecule has 2 rings (SSSR count). The number of nitro groups is 1. The van der Waals surface area contributed by atoms with Crippen molar-refractivity contribution < 1.29 is 18.8 Å². The Morgan fingerprint density at radius 2 is 2.09 bits per heavy atom. The van der Waals surface area contributed by atoms with Gasteiger partial charge in [0.1, 0.15) is 0 Å². The summed E-state index contributed by atoms with van der Waals surface area (Å²) in [4.78, 5) is 22.1. The van der Waals surface area contributed by atoms with E-state index in [2.05, 4.69) is 5.32 Å². The number of rotatable bonds is 6. The van der Waals surface area contributed by atoms with Crippen LogP contribution in [0.15, 0.2) is 42.5 Å². The molecule has 0 heterocycles. The molecule has 0 aliphatic heterocycles. The van der Waals surface area contributed by atoms with Crippen LogP contribution in [0, 0.1) is 15.9 Å². The Morgan fingerprint density at radius 1 is 1.32 bits per heavy atom. The molecule has 0 aliphatic carbocycles. The Balaban J connectivity index is 2.05. The Labute approximate surface area is 125 Å². The lowest BCUT2D eigenvalue weighted by molar-refractivity contribution is -0.384. The van der Waals surface area contributed by atoms with Crippen LogP contribution in [0.5, 0.6) is 5.75 Å². The number of carbonyl (C=O) groups excluding carboxylic acids is 1. The molecule has 7 heteroatoms. The van der Waals surface area contributed by atoms with Crippen LogP contribution in [-0.4, -0.2) is 24.4 Å². The molecule has 0 amide bonds. The third kappa shape index (κ3) is 3.57. The highest BCUT2D eigenvalue weighted by atomic mass is 19.1. The second kappa shape index (κ2) is 6.66. The maximum Gasteiger partial charge on any atom is 0.271 e. The van der Waals surface area contributed by atoms with Crippen molar-refractivity contribution in [3.8, 4) is 5.75 Å². The summed E-state index contributed by atoms with van der Waals surface area (Å²) in [5, 5.41) is 13.4. The number of nitrogens with one attached hydrogen (secondary N) is 1. The van der Waals surface area contributed by atoms with Gasteiger partial charge in [-0.1, -0.05) is 6.07 Å². The van der Waals surface area contributed by atoms with Gasteiger partial charge >= 0.3 is 0 Å². The molecule has 0 fully saturated rings. The van der Waals surface area contributed by atoms with E-state index in [1.54, 1.807) is 6.07 Å². The maximum absolute atomic E-state index is 13.5. The first kappa shape index (κ1) is 15.4. The van der Waals surface area contributed by atoms with E-state index in [4.69, 9.17) is 4.74 Å². The molecule has 0 unspecified atom stereocenters. The van der Waals surface area contributed by atoms with Crippen LogP contribution in [0.25, 0.3) is 0 Å². The van der Waals surface area contributed by atoms with E-state index in [0.29, 0.717) is 5.69 Å². The van der Waals surface area contributed by atoms with E-state index >= 15 is 0 Å². The van der Waals surface area contributed by atoms with Crippen LogP contribution in [0.3, 0.4) is 0 Å². The van der Waals surface area contributed by atoms with Crippen molar-refractivity contribution in [3.63, 3.8) is 0 Å². The fourth-order valence-electron chi connectivity index (χ4n) is 1.85. The van der Waals surface area contributed by atoms with E-state index in [9.17, 15) is 19.3 Å². The largest absolute Gasteiger partial charge is 0.494 e. The quantitative estimate of drug-likeness (QED) is 0.504. The molecule has 0 aromatic heterocycles. The number of non-ortho nitro benzene ring substituents is 1. The Morgan fingerprint density at radius 3 is 2.73 bits per heavy atom. The number of methoxy groups -OCH3 is 1. The van der Waals surface area contributed by atoms with Gasteiger partial charge in [-0.3, -0.25) is 14.9 Å². The summed E-state index contributed by atoms with van der Waals surface area (Å²) < 4.78 is 18.3. The van der Waals surface area contributed by atoms with Crippen molar-refractivity contribution >= 4 is 17.2 Å². The summed E-state index contributed by atoms with van der Waals surface area (Å²) in [5.74, 6) is -0.903. The van der Waals surface area contributed by atoms with Gasteiger partial charge < -0.3 is 10.1 Å². The van der Waals surface area contributed by atoms with Crippen LogP contribution in [0.4, 0.5) is 15.8 Å². The van der Waals surface area contributed by atoms with Gasteiger partial charge in [-0.05, 0) is 24.3 Å². The molecule has 0 bridgehead atoms. The smallest absolute Gasteiger partial charge is 0.271 e. The van der Waals surface area contributed by atoms with Crippen LogP contribution >= 0.6 is 0 Å². The van der Waals surface area contributed by atoms with Gasteiger partial charge in [0, 0.05) is 23.4 Å². The van der Waals surface area contributed by atoms with Crippen molar-refractivity contribution in [1.82, 2.24) is 0 Å². The molecular formula is C15H13FN2O4. The highest BCUT2D eigenvalue weighted by Crippen LogP contribution is 2.19. The number of anilines is 1. The Hall–Kier alpha value is -2.96. The molecule has 1 N–H and O–H groups in total. The third-order valence-electron chi connectivity index (χ3n) is 2.98. The maximum atomic E-state index is 13.5. The average molecular weight is 304 g/mol. The van der Waals surface area contributed by atoms with E-state index in [-0.39, 0.29) is 29.3 Å². The molecule has 0 aliphatic rings. The van der Waals surface area contributed by atoms with E-state index < -0.39 is 10.7 Å². The third-order valence-corrected chi connectivity index (χ3v) is 2.98. The standard InChI is InChI=1S/C15H13FN2O4/c1-22-15-6-5-10(7-13(15)16)14(19)9-17-11-3-2-4-12(8-11)18(20)21/h2-8,17H,9H2,1H3. The number of halogens is 1. The zero-order chi connectivity index (χ0) is 16.1. The first-order valence-electron chi connectivity index (χ1n) is 6.36. The lowest BCUT2D eigenvalue weighted by atomic mass is 10.1. The minimum atomic E-state index is -0.622. The lowest BCUT2D eigenvalue weighted by Gasteiger charge is -2.07. The molecular weight excluding hydrogens is 291 g/mol. The Kier molecular flexibility index (Phi) is 4.67. The van der Waals surface area contributed by atoms with Crippen LogP contribution in [0.1, 0.15) is 10.4 Å². The number of Topliss-reactive ketones (excluding diaryl/α,β-unsaturated/α-hetero) is 1. The number of benzene rings is 2. The Bertz CT molecular complexity index is 718. The summed E-state index contributed by atoms with van der Waals surface area (Å²) in [6, 6.07) is 9.71. The normalized spacial score (nSPS) is 10.1. The number of ether oxygens (including phenoxy) is 1. The molecule has 0 radical (unpaired) electrons. The number of nitro benzene ring substituents is 1. The van der Waals surface area contributed by atoms with Crippen molar-refractivity contribution in [2.45, 2.75) is 0 Å².